The van der Waals surface area contributed by atoms with Crippen LogP contribution in [0.3, 0.4) is 0 Å². The number of nitrogens with one attached hydrogen (secondary N) is 1. The fourth-order valence-corrected chi connectivity index (χ4v) is 4.16. The second-order valence-corrected chi connectivity index (χ2v) is 9.53. The summed E-state index contributed by atoms with van der Waals surface area (Å²) in [6.45, 7) is 12.1. The van der Waals surface area contributed by atoms with E-state index >= 15 is 0 Å². The van der Waals surface area contributed by atoms with Crippen molar-refractivity contribution >= 4 is 17.1 Å². The number of hydrogen-bond donors (Lipinski definition) is 2. The SMILES string of the molecule is Cc1ccccc1.NN=C(c1ccccc1)c1ccccc1.[CH2-]C.[CH2-]C.[Y].[Y].c1ccc(NN=C(c2ccccc2)c2ccccc2)cc1. The molecule has 0 aliphatic heterocycles. The molecule has 0 amide bonds. The number of aryl methyl sites for hydroxylation is 1. The second kappa shape index (κ2) is 29.4. The minimum atomic E-state index is 0. The minimum absolute atomic E-state index is 0. The standard InChI is InChI=1S/C19H16N2.C13H12N2.C7H8.2C2H5.2Y/c1-4-10-16(11-5-1)19(17-12-6-2-7-13-17)21-20-18-14-8-3-9-15-18;14-15-13(11-7-3-1-4-8-11)12-9-5-2-6-10-12;1-7-5-3-2-4-6-7;2*1-2;;/h1-15,20H;1-10H,14H2;2-6H,1H3;2*1H2,2H3;;/q;;;2*-1;;. The van der Waals surface area contributed by atoms with Crippen molar-refractivity contribution in [1.82, 2.24) is 0 Å². The van der Waals surface area contributed by atoms with Crippen molar-refractivity contribution in [2.24, 2.45) is 16.0 Å². The number of anilines is 1. The molecule has 0 unspecified atom stereocenters. The molecule has 6 aromatic rings. The van der Waals surface area contributed by atoms with E-state index in [-0.39, 0.29) is 65.4 Å². The van der Waals surface area contributed by atoms with Crippen molar-refractivity contribution in [2.45, 2.75) is 20.8 Å². The summed E-state index contributed by atoms with van der Waals surface area (Å²) >= 11 is 0. The molecule has 0 atom stereocenters. The molecule has 0 heterocycles. The summed E-state index contributed by atoms with van der Waals surface area (Å²) < 4.78 is 0. The van der Waals surface area contributed by atoms with Gasteiger partial charge in [-0.05, 0) is 19.1 Å². The predicted octanol–water partition coefficient (Wildman–Crippen LogP) is 10.6. The summed E-state index contributed by atoms with van der Waals surface area (Å²) in [4.78, 5) is 0. The molecular formula is C43H46N4Y2-2. The van der Waals surface area contributed by atoms with E-state index in [0.717, 1.165) is 39.4 Å². The van der Waals surface area contributed by atoms with Crippen molar-refractivity contribution in [3.8, 4) is 0 Å². The molecule has 0 saturated heterocycles. The van der Waals surface area contributed by atoms with Crippen LogP contribution in [0.2, 0.25) is 0 Å². The van der Waals surface area contributed by atoms with E-state index in [1.807, 2.05) is 146 Å². The molecular weight excluding hydrogens is 750 g/mol. The molecule has 2 radical (unpaired) electrons. The Hall–Kier alpha value is -3.53. The number of rotatable bonds is 6. The third-order valence-corrected chi connectivity index (χ3v) is 6.33. The van der Waals surface area contributed by atoms with Crippen LogP contribution in [0.5, 0.6) is 0 Å². The Balaban J connectivity index is 0.000000721. The van der Waals surface area contributed by atoms with Gasteiger partial charge in [-0.1, -0.05) is 175 Å². The van der Waals surface area contributed by atoms with Gasteiger partial charge in [-0.25, -0.2) is 0 Å². The Morgan fingerprint density at radius 2 is 0.694 bits per heavy atom. The van der Waals surface area contributed by atoms with E-state index in [0.29, 0.717) is 0 Å². The van der Waals surface area contributed by atoms with E-state index in [9.17, 15) is 0 Å². The Morgan fingerprint density at radius 1 is 0.429 bits per heavy atom. The van der Waals surface area contributed by atoms with Gasteiger partial charge in [0.05, 0.1) is 17.1 Å². The average molecular weight is 797 g/mol. The summed E-state index contributed by atoms with van der Waals surface area (Å²) in [6.07, 6.45) is 0. The van der Waals surface area contributed by atoms with Crippen molar-refractivity contribution < 1.29 is 65.4 Å². The van der Waals surface area contributed by atoms with Gasteiger partial charge in [0.15, 0.2) is 0 Å². The first-order valence-corrected chi connectivity index (χ1v) is 15.6. The number of benzene rings is 6. The molecule has 6 aromatic carbocycles. The number of para-hydroxylation sites is 1. The maximum Gasteiger partial charge on any atom is 0.0977 e. The van der Waals surface area contributed by atoms with Gasteiger partial charge in [0, 0.05) is 87.7 Å². The number of hydrazone groups is 2. The molecule has 0 fully saturated rings. The molecule has 0 aliphatic carbocycles. The minimum Gasteiger partial charge on any atom is -0.346 e. The van der Waals surface area contributed by atoms with Crippen LogP contribution >= 0.6 is 0 Å². The molecule has 4 nitrogen and oxygen atoms in total. The van der Waals surface area contributed by atoms with Crippen molar-refractivity contribution in [2.75, 3.05) is 5.43 Å². The molecule has 49 heavy (non-hydrogen) atoms. The fraction of sp³-hybridized carbons (Fsp3) is 0.0698. The smallest absolute Gasteiger partial charge is 0.0977 e. The van der Waals surface area contributed by atoms with E-state index in [2.05, 4.69) is 72.8 Å². The summed E-state index contributed by atoms with van der Waals surface area (Å²) in [5.74, 6) is 5.42. The maximum absolute atomic E-state index is 5.42. The summed E-state index contributed by atoms with van der Waals surface area (Å²) in [5.41, 5.74) is 11.4. The first-order valence-electron chi connectivity index (χ1n) is 15.6. The van der Waals surface area contributed by atoms with Crippen LogP contribution in [0.1, 0.15) is 41.7 Å². The molecule has 0 saturated carbocycles. The molecule has 6 heteroatoms. The van der Waals surface area contributed by atoms with Crippen LogP contribution in [-0.2, 0) is 65.4 Å². The largest absolute Gasteiger partial charge is 0.346 e. The van der Waals surface area contributed by atoms with E-state index in [4.69, 9.17) is 5.84 Å². The normalized spacial score (nSPS) is 8.67. The van der Waals surface area contributed by atoms with Gasteiger partial charge < -0.3 is 19.7 Å². The topological polar surface area (TPSA) is 62.8 Å². The molecule has 0 bridgehead atoms. The van der Waals surface area contributed by atoms with Crippen LogP contribution in [0.15, 0.2) is 192 Å². The van der Waals surface area contributed by atoms with Crippen molar-refractivity contribution in [1.29, 1.82) is 0 Å². The van der Waals surface area contributed by atoms with E-state index in [1.54, 1.807) is 13.8 Å². The Labute approximate surface area is 345 Å². The number of nitrogens with two attached hydrogens (primary N) is 1. The second-order valence-electron chi connectivity index (χ2n) is 9.53. The summed E-state index contributed by atoms with van der Waals surface area (Å²) in [7, 11) is 0. The van der Waals surface area contributed by atoms with Gasteiger partial charge in [-0.15, -0.1) is 0 Å². The third-order valence-electron chi connectivity index (χ3n) is 6.33. The van der Waals surface area contributed by atoms with Crippen molar-refractivity contribution in [3.05, 3.63) is 224 Å². The zero-order valence-electron chi connectivity index (χ0n) is 28.9. The fourth-order valence-electron chi connectivity index (χ4n) is 4.16. The maximum atomic E-state index is 5.42. The molecule has 3 N–H and O–H groups in total. The van der Waals surface area contributed by atoms with Crippen LogP contribution in [0.25, 0.3) is 0 Å². The molecule has 0 aromatic heterocycles. The number of nitrogens with zero attached hydrogens (tertiary/aromatic N) is 2. The first kappa shape index (κ1) is 45.5. The van der Waals surface area contributed by atoms with Gasteiger partial charge in [-0.2, -0.15) is 24.1 Å². The molecule has 0 aliphatic rings. The van der Waals surface area contributed by atoms with Crippen LogP contribution in [-0.4, -0.2) is 11.4 Å². The first-order chi connectivity index (χ1) is 23.2. The Kier molecular flexibility index (Phi) is 27.3. The van der Waals surface area contributed by atoms with E-state index < -0.39 is 0 Å². The van der Waals surface area contributed by atoms with Gasteiger partial charge in [0.2, 0.25) is 0 Å². The Bertz CT molecular complexity index is 1580. The summed E-state index contributed by atoms with van der Waals surface area (Å²) in [5, 5.41) is 8.45. The Morgan fingerprint density at radius 3 is 0.959 bits per heavy atom. The quantitative estimate of drug-likeness (QED) is 0.0763. The average Bonchev–Trinajstić information content (AvgIpc) is 3.17. The van der Waals surface area contributed by atoms with Gasteiger partial charge in [0.25, 0.3) is 0 Å². The molecule has 0 spiro atoms. The molecule has 6 rings (SSSR count). The summed E-state index contributed by atoms with van der Waals surface area (Å²) in [6, 6.07) is 60.5. The van der Waals surface area contributed by atoms with Gasteiger partial charge >= 0.3 is 0 Å². The zero-order valence-corrected chi connectivity index (χ0v) is 34.5. The monoisotopic (exact) mass is 796 g/mol. The van der Waals surface area contributed by atoms with Gasteiger partial charge in [0.1, 0.15) is 0 Å². The van der Waals surface area contributed by atoms with Crippen LogP contribution in [0.4, 0.5) is 5.69 Å². The van der Waals surface area contributed by atoms with Crippen molar-refractivity contribution in [3.63, 3.8) is 0 Å². The van der Waals surface area contributed by atoms with Gasteiger partial charge in [-0.3, -0.25) is 5.43 Å². The van der Waals surface area contributed by atoms with Crippen LogP contribution in [0, 0.1) is 20.8 Å². The van der Waals surface area contributed by atoms with E-state index in [1.165, 1.54) is 5.56 Å². The van der Waals surface area contributed by atoms with Crippen LogP contribution < -0.4 is 11.3 Å². The molecule has 246 valence electrons. The predicted molar refractivity (Wildman–Crippen MR) is 205 cm³/mol. The third kappa shape index (κ3) is 17.6. The zero-order chi connectivity index (χ0) is 34.0. The number of hydrogen-bond acceptors (Lipinski definition) is 4.